The number of hydrogen-bond acceptors (Lipinski definition) is 10. The summed E-state index contributed by atoms with van der Waals surface area (Å²) < 4.78 is 10.4. The van der Waals surface area contributed by atoms with Gasteiger partial charge in [-0.2, -0.15) is 0 Å². The van der Waals surface area contributed by atoms with Crippen LogP contribution in [0.15, 0.2) is 0 Å². The van der Waals surface area contributed by atoms with Gasteiger partial charge in [-0.1, -0.05) is 6.92 Å². The maximum atomic E-state index is 12.0. The standard InChI is InChI=1S/C26H43N5O13/c1-2-20(33)27-10-4-3-5-18(25(39)40)31-23(36)15-44-14-13-43-12-11-28-21(34)8-7-19(26(41)42)30-22(35)9-6-17(24(37)38)29-16-32/h16-19H,2-15H2,1H3,(H,27,33)(H,28,34)(H,29,32)(H,30,35)(H,31,36)(H,37,38)(H,39,40)(H,41,42). The summed E-state index contributed by atoms with van der Waals surface area (Å²) >= 11 is 0. The van der Waals surface area contributed by atoms with Gasteiger partial charge in [-0.05, 0) is 32.1 Å². The average Bonchev–Trinajstić information content (AvgIpc) is 2.97. The van der Waals surface area contributed by atoms with E-state index < -0.39 is 53.8 Å². The monoisotopic (exact) mass is 633 g/mol. The number of hydrogen-bond donors (Lipinski definition) is 8. The zero-order chi connectivity index (χ0) is 33.3. The molecule has 18 heteroatoms. The highest BCUT2D eigenvalue weighted by Gasteiger charge is 2.23. The van der Waals surface area contributed by atoms with Crippen molar-refractivity contribution in [2.75, 3.05) is 39.5 Å². The SMILES string of the molecule is CCC(=O)NCCCCC(NC(=O)COCCOCCNC(=O)CCC(NC(=O)CCC(NC=O)C(=O)O)C(=O)O)C(=O)O. The molecular weight excluding hydrogens is 590 g/mol. The molecule has 0 aromatic rings. The van der Waals surface area contributed by atoms with Gasteiger partial charge in [0.15, 0.2) is 0 Å². The molecule has 0 aromatic carbocycles. The number of amides is 5. The smallest absolute Gasteiger partial charge is 0.326 e. The van der Waals surface area contributed by atoms with Gasteiger partial charge in [-0.3, -0.25) is 24.0 Å². The number of rotatable bonds is 27. The molecule has 0 fully saturated rings. The molecule has 0 saturated heterocycles. The molecule has 3 unspecified atom stereocenters. The Morgan fingerprint density at radius 3 is 1.80 bits per heavy atom. The Morgan fingerprint density at radius 2 is 1.18 bits per heavy atom. The minimum absolute atomic E-state index is 0.0225. The van der Waals surface area contributed by atoms with Crippen LogP contribution < -0.4 is 26.6 Å². The summed E-state index contributed by atoms with van der Waals surface area (Å²) in [4.78, 5) is 91.3. The van der Waals surface area contributed by atoms with Crippen molar-refractivity contribution in [2.45, 2.75) is 76.4 Å². The molecule has 44 heavy (non-hydrogen) atoms. The number of carboxylic acid groups (broad SMARTS) is 3. The second-order valence-electron chi connectivity index (χ2n) is 9.38. The van der Waals surface area contributed by atoms with Crippen molar-refractivity contribution >= 4 is 47.9 Å². The Hall–Kier alpha value is -4.32. The lowest BCUT2D eigenvalue weighted by molar-refractivity contribution is -0.143. The Morgan fingerprint density at radius 1 is 0.636 bits per heavy atom. The van der Waals surface area contributed by atoms with Gasteiger partial charge in [-0.15, -0.1) is 0 Å². The van der Waals surface area contributed by atoms with E-state index in [1.54, 1.807) is 6.92 Å². The van der Waals surface area contributed by atoms with Crippen LogP contribution in [0.3, 0.4) is 0 Å². The van der Waals surface area contributed by atoms with Crippen LogP contribution >= 0.6 is 0 Å². The highest BCUT2D eigenvalue weighted by atomic mass is 16.5. The fourth-order valence-corrected chi connectivity index (χ4v) is 3.49. The molecule has 8 N–H and O–H groups in total. The number of carboxylic acids is 3. The van der Waals surface area contributed by atoms with E-state index in [1.165, 1.54) is 0 Å². The number of unbranched alkanes of at least 4 members (excludes halogenated alkanes) is 1. The first kappa shape index (κ1) is 39.7. The Kier molecular flexibility index (Phi) is 21.8. The van der Waals surface area contributed by atoms with Crippen LogP contribution in [0.4, 0.5) is 0 Å². The van der Waals surface area contributed by atoms with Crippen molar-refractivity contribution < 1.29 is 63.1 Å². The maximum absolute atomic E-state index is 12.0. The van der Waals surface area contributed by atoms with Crippen LogP contribution in [0, 0.1) is 0 Å². The van der Waals surface area contributed by atoms with Crippen molar-refractivity contribution in [3.8, 4) is 0 Å². The van der Waals surface area contributed by atoms with E-state index in [2.05, 4.69) is 21.3 Å². The predicted molar refractivity (Wildman–Crippen MR) is 150 cm³/mol. The van der Waals surface area contributed by atoms with Crippen LogP contribution in [0.1, 0.15) is 58.3 Å². The first-order valence-corrected chi connectivity index (χ1v) is 14.1. The number of nitrogens with one attached hydrogen (secondary N) is 5. The Labute approximate surface area is 254 Å². The van der Waals surface area contributed by atoms with Crippen molar-refractivity contribution in [1.29, 1.82) is 0 Å². The molecule has 0 heterocycles. The largest absolute Gasteiger partial charge is 0.480 e. The lowest BCUT2D eigenvalue weighted by Crippen LogP contribution is -2.43. The molecule has 0 radical (unpaired) electrons. The summed E-state index contributed by atoms with van der Waals surface area (Å²) in [5, 5.41) is 39.3. The van der Waals surface area contributed by atoms with Crippen molar-refractivity contribution in [2.24, 2.45) is 0 Å². The summed E-state index contributed by atoms with van der Waals surface area (Å²) in [6.45, 7) is 2.04. The lowest BCUT2D eigenvalue weighted by atomic mass is 10.1. The summed E-state index contributed by atoms with van der Waals surface area (Å²) in [7, 11) is 0. The minimum atomic E-state index is -1.38. The quantitative estimate of drug-likeness (QED) is 0.0350. The molecule has 5 amide bonds. The highest BCUT2D eigenvalue weighted by Crippen LogP contribution is 2.03. The summed E-state index contributed by atoms with van der Waals surface area (Å²) in [5.41, 5.74) is 0. The fourth-order valence-electron chi connectivity index (χ4n) is 3.49. The van der Waals surface area contributed by atoms with Gasteiger partial charge < -0.3 is 51.4 Å². The number of aliphatic carboxylic acids is 3. The van der Waals surface area contributed by atoms with E-state index >= 15 is 0 Å². The zero-order valence-electron chi connectivity index (χ0n) is 24.6. The molecule has 18 nitrogen and oxygen atoms in total. The normalized spacial score (nSPS) is 12.6. The number of carbonyl (C=O) groups is 8. The molecular formula is C26H43N5O13. The summed E-state index contributed by atoms with van der Waals surface area (Å²) in [6.07, 6.45) is 0.737. The van der Waals surface area contributed by atoms with E-state index in [-0.39, 0.29) is 77.4 Å². The van der Waals surface area contributed by atoms with Gasteiger partial charge >= 0.3 is 17.9 Å². The molecule has 0 spiro atoms. The van der Waals surface area contributed by atoms with Gasteiger partial charge in [0.1, 0.15) is 24.7 Å². The average molecular weight is 634 g/mol. The van der Waals surface area contributed by atoms with Gasteiger partial charge in [0.05, 0.1) is 19.8 Å². The molecule has 0 bridgehead atoms. The van der Waals surface area contributed by atoms with Crippen molar-refractivity contribution in [3.63, 3.8) is 0 Å². The van der Waals surface area contributed by atoms with Gasteiger partial charge in [-0.25, -0.2) is 14.4 Å². The van der Waals surface area contributed by atoms with Crippen LogP contribution in [0.5, 0.6) is 0 Å². The number of carbonyl (C=O) groups excluding carboxylic acids is 5. The second-order valence-corrected chi connectivity index (χ2v) is 9.38. The zero-order valence-corrected chi connectivity index (χ0v) is 24.6. The minimum Gasteiger partial charge on any atom is -0.480 e. The molecule has 3 atom stereocenters. The van der Waals surface area contributed by atoms with Crippen LogP contribution in [-0.2, 0) is 47.8 Å². The molecule has 0 aliphatic rings. The Balaban J connectivity index is 4.08. The van der Waals surface area contributed by atoms with Crippen LogP contribution in [0.25, 0.3) is 0 Å². The van der Waals surface area contributed by atoms with Gasteiger partial charge in [0.25, 0.3) is 0 Å². The first-order valence-electron chi connectivity index (χ1n) is 14.1. The molecule has 0 saturated carbocycles. The third-order valence-electron chi connectivity index (χ3n) is 5.89. The van der Waals surface area contributed by atoms with Gasteiger partial charge in [0, 0.05) is 32.4 Å². The second kappa shape index (κ2) is 24.2. The first-order chi connectivity index (χ1) is 20.9. The molecule has 250 valence electrons. The van der Waals surface area contributed by atoms with E-state index in [1.807, 2.05) is 5.32 Å². The van der Waals surface area contributed by atoms with E-state index in [4.69, 9.17) is 14.6 Å². The lowest BCUT2D eigenvalue weighted by Gasteiger charge is -2.16. The Bertz CT molecular complexity index is 963. The van der Waals surface area contributed by atoms with Gasteiger partial charge in [0.2, 0.25) is 30.0 Å². The molecule has 0 rings (SSSR count). The maximum Gasteiger partial charge on any atom is 0.326 e. The van der Waals surface area contributed by atoms with E-state index in [0.717, 1.165) is 0 Å². The summed E-state index contributed by atoms with van der Waals surface area (Å²) in [6, 6.07) is -3.77. The molecule has 0 aliphatic carbocycles. The van der Waals surface area contributed by atoms with Crippen molar-refractivity contribution in [3.05, 3.63) is 0 Å². The van der Waals surface area contributed by atoms with Crippen molar-refractivity contribution in [1.82, 2.24) is 26.6 Å². The van der Waals surface area contributed by atoms with E-state index in [9.17, 15) is 48.6 Å². The number of ether oxygens (including phenoxy) is 2. The fraction of sp³-hybridized carbons (Fsp3) is 0.692. The summed E-state index contributed by atoms with van der Waals surface area (Å²) in [5.74, 6) is -5.86. The molecule has 0 aromatic heterocycles. The topological polar surface area (TPSA) is 276 Å². The highest BCUT2D eigenvalue weighted by molar-refractivity contribution is 5.85. The third-order valence-corrected chi connectivity index (χ3v) is 5.89. The molecule has 0 aliphatic heterocycles. The van der Waals surface area contributed by atoms with Crippen LogP contribution in [-0.4, -0.2) is 121 Å². The van der Waals surface area contributed by atoms with E-state index in [0.29, 0.717) is 25.8 Å². The predicted octanol–water partition coefficient (Wildman–Crippen LogP) is -2.27. The van der Waals surface area contributed by atoms with Crippen LogP contribution in [0.2, 0.25) is 0 Å². The third kappa shape index (κ3) is 20.5.